The maximum atomic E-state index is 11.4. The molecule has 4 unspecified atom stereocenters. The SMILES string of the molecule is NS(=O)(=O)c1ccc(NC2C3CCC(C3)C2C(=O)O)cc1. The number of nitrogens with one attached hydrogen (secondary N) is 1. The van der Waals surface area contributed by atoms with Crippen LogP contribution in [-0.2, 0) is 14.8 Å². The van der Waals surface area contributed by atoms with Gasteiger partial charge < -0.3 is 10.4 Å². The van der Waals surface area contributed by atoms with Crippen LogP contribution in [0.15, 0.2) is 29.2 Å². The third-order valence-electron chi connectivity index (χ3n) is 4.72. The van der Waals surface area contributed by atoms with E-state index in [-0.39, 0.29) is 22.8 Å². The minimum atomic E-state index is -3.70. The van der Waals surface area contributed by atoms with E-state index in [1.807, 2.05) is 0 Å². The molecule has 2 fully saturated rings. The third kappa shape index (κ3) is 2.63. The van der Waals surface area contributed by atoms with Crippen molar-refractivity contribution < 1.29 is 18.3 Å². The van der Waals surface area contributed by atoms with Gasteiger partial charge >= 0.3 is 5.97 Å². The van der Waals surface area contributed by atoms with Gasteiger partial charge in [0.2, 0.25) is 10.0 Å². The number of carboxylic acids is 1. The molecular weight excluding hydrogens is 292 g/mol. The molecule has 0 amide bonds. The normalized spacial score (nSPS) is 31.3. The average Bonchev–Trinajstić information content (AvgIpc) is 2.98. The number of fused-ring (bicyclic) bond motifs is 2. The zero-order chi connectivity index (χ0) is 15.2. The van der Waals surface area contributed by atoms with E-state index in [9.17, 15) is 18.3 Å². The lowest BCUT2D eigenvalue weighted by Gasteiger charge is -2.29. The summed E-state index contributed by atoms with van der Waals surface area (Å²) in [5.74, 6) is -0.467. The molecule has 21 heavy (non-hydrogen) atoms. The third-order valence-corrected chi connectivity index (χ3v) is 5.65. The van der Waals surface area contributed by atoms with Crippen molar-refractivity contribution >= 4 is 21.7 Å². The van der Waals surface area contributed by atoms with Crippen LogP contribution in [-0.4, -0.2) is 25.5 Å². The lowest BCUT2D eigenvalue weighted by molar-refractivity contribution is -0.143. The molecule has 7 heteroatoms. The van der Waals surface area contributed by atoms with Crippen LogP contribution >= 0.6 is 0 Å². The summed E-state index contributed by atoms with van der Waals surface area (Å²) in [6.07, 6.45) is 3.01. The molecular formula is C14H18N2O4S. The van der Waals surface area contributed by atoms with Crippen molar-refractivity contribution in [2.45, 2.75) is 30.2 Å². The molecule has 2 bridgehead atoms. The van der Waals surface area contributed by atoms with Crippen molar-refractivity contribution in [2.24, 2.45) is 22.9 Å². The van der Waals surface area contributed by atoms with E-state index in [2.05, 4.69) is 5.32 Å². The quantitative estimate of drug-likeness (QED) is 0.775. The molecule has 1 aromatic rings. The van der Waals surface area contributed by atoms with Crippen LogP contribution in [0.5, 0.6) is 0 Å². The molecule has 1 aromatic carbocycles. The van der Waals surface area contributed by atoms with E-state index in [4.69, 9.17) is 5.14 Å². The van der Waals surface area contributed by atoms with Gasteiger partial charge in [0.1, 0.15) is 0 Å². The standard InChI is InChI=1S/C14H18N2O4S/c15-21(19,20)11-5-3-10(4-6-11)16-13-9-2-1-8(7-9)12(13)14(17)18/h3-6,8-9,12-13,16H,1-2,7H2,(H,17,18)(H2,15,19,20). The molecule has 0 aromatic heterocycles. The van der Waals surface area contributed by atoms with E-state index < -0.39 is 16.0 Å². The number of anilines is 1. The summed E-state index contributed by atoms with van der Waals surface area (Å²) < 4.78 is 22.4. The van der Waals surface area contributed by atoms with Gasteiger partial charge in [-0.25, -0.2) is 13.6 Å². The Balaban J connectivity index is 1.78. The van der Waals surface area contributed by atoms with Crippen molar-refractivity contribution in [3.05, 3.63) is 24.3 Å². The Kier molecular flexibility index (Phi) is 3.41. The first kappa shape index (κ1) is 14.3. The summed E-state index contributed by atoms with van der Waals surface area (Å²) >= 11 is 0. The number of hydrogen-bond donors (Lipinski definition) is 3. The van der Waals surface area contributed by atoms with E-state index in [1.165, 1.54) is 12.1 Å². The summed E-state index contributed by atoms with van der Waals surface area (Å²) in [6.45, 7) is 0. The zero-order valence-corrected chi connectivity index (χ0v) is 12.2. The highest BCUT2D eigenvalue weighted by Crippen LogP contribution is 2.49. The van der Waals surface area contributed by atoms with Crippen molar-refractivity contribution in [3.63, 3.8) is 0 Å². The van der Waals surface area contributed by atoms with E-state index in [0.717, 1.165) is 24.9 Å². The first-order valence-corrected chi connectivity index (χ1v) is 8.53. The molecule has 2 aliphatic rings. The zero-order valence-electron chi connectivity index (χ0n) is 11.4. The van der Waals surface area contributed by atoms with Crippen molar-refractivity contribution in [1.29, 1.82) is 0 Å². The minimum Gasteiger partial charge on any atom is -0.481 e. The Hall–Kier alpha value is -1.60. The Labute approximate surface area is 123 Å². The summed E-state index contributed by atoms with van der Waals surface area (Å²) in [4.78, 5) is 11.5. The first-order valence-electron chi connectivity index (χ1n) is 6.98. The number of primary sulfonamides is 1. The predicted molar refractivity (Wildman–Crippen MR) is 77.2 cm³/mol. The van der Waals surface area contributed by atoms with Crippen LogP contribution in [0.25, 0.3) is 0 Å². The Morgan fingerprint density at radius 2 is 1.81 bits per heavy atom. The second kappa shape index (κ2) is 4.99. The summed E-state index contributed by atoms with van der Waals surface area (Å²) in [5, 5.41) is 17.7. The number of rotatable bonds is 4. The van der Waals surface area contributed by atoms with Gasteiger partial charge in [0.15, 0.2) is 0 Å². The molecule has 0 radical (unpaired) electrons. The van der Waals surface area contributed by atoms with E-state index >= 15 is 0 Å². The van der Waals surface area contributed by atoms with Gasteiger partial charge in [-0.2, -0.15) is 0 Å². The summed E-state index contributed by atoms with van der Waals surface area (Å²) in [5.41, 5.74) is 0.728. The minimum absolute atomic E-state index is 0.0516. The van der Waals surface area contributed by atoms with Crippen LogP contribution in [0.4, 0.5) is 5.69 Å². The maximum absolute atomic E-state index is 11.4. The van der Waals surface area contributed by atoms with Crippen LogP contribution in [0.3, 0.4) is 0 Å². The smallest absolute Gasteiger partial charge is 0.308 e. The van der Waals surface area contributed by atoms with Crippen molar-refractivity contribution in [1.82, 2.24) is 0 Å². The number of carboxylic acid groups (broad SMARTS) is 1. The molecule has 6 nitrogen and oxygen atoms in total. The highest BCUT2D eigenvalue weighted by atomic mass is 32.2. The van der Waals surface area contributed by atoms with E-state index in [0.29, 0.717) is 5.92 Å². The van der Waals surface area contributed by atoms with Gasteiger partial charge in [-0.15, -0.1) is 0 Å². The van der Waals surface area contributed by atoms with Gasteiger partial charge in [0, 0.05) is 11.7 Å². The number of sulfonamides is 1. The molecule has 114 valence electrons. The molecule has 3 rings (SSSR count). The van der Waals surface area contributed by atoms with Crippen molar-refractivity contribution in [3.8, 4) is 0 Å². The van der Waals surface area contributed by atoms with E-state index in [1.54, 1.807) is 12.1 Å². The fourth-order valence-electron chi connectivity index (χ4n) is 3.79. The highest BCUT2D eigenvalue weighted by Gasteiger charge is 2.51. The second-order valence-corrected chi connectivity index (χ2v) is 7.50. The fourth-order valence-corrected chi connectivity index (χ4v) is 4.30. The van der Waals surface area contributed by atoms with Crippen LogP contribution < -0.4 is 10.5 Å². The fraction of sp³-hybridized carbons (Fsp3) is 0.500. The Morgan fingerprint density at radius 3 is 2.38 bits per heavy atom. The molecule has 4 atom stereocenters. The van der Waals surface area contributed by atoms with Gasteiger partial charge in [-0.3, -0.25) is 4.79 Å². The Morgan fingerprint density at radius 1 is 1.19 bits per heavy atom. The van der Waals surface area contributed by atoms with Crippen molar-refractivity contribution in [2.75, 3.05) is 5.32 Å². The maximum Gasteiger partial charge on any atom is 0.308 e. The lowest BCUT2D eigenvalue weighted by atomic mass is 9.84. The van der Waals surface area contributed by atoms with Crippen LogP contribution in [0, 0.1) is 17.8 Å². The molecule has 2 aliphatic carbocycles. The lowest BCUT2D eigenvalue weighted by Crippen LogP contribution is -2.39. The predicted octanol–water partition coefficient (Wildman–Crippen LogP) is 1.25. The average molecular weight is 310 g/mol. The second-order valence-electron chi connectivity index (χ2n) is 5.94. The summed E-state index contributed by atoms with van der Waals surface area (Å²) in [6, 6.07) is 6.04. The van der Waals surface area contributed by atoms with Crippen LogP contribution in [0.1, 0.15) is 19.3 Å². The molecule has 0 aliphatic heterocycles. The highest BCUT2D eigenvalue weighted by molar-refractivity contribution is 7.89. The van der Waals surface area contributed by atoms with Gasteiger partial charge in [-0.1, -0.05) is 0 Å². The largest absolute Gasteiger partial charge is 0.481 e. The number of nitrogens with two attached hydrogens (primary N) is 1. The monoisotopic (exact) mass is 310 g/mol. The first-order chi connectivity index (χ1) is 9.86. The van der Waals surface area contributed by atoms with Gasteiger partial charge in [-0.05, 0) is 55.4 Å². The topological polar surface area (TPSA) is 109 Å². The van der Waals surface area contributed by atoms with Gasteiger partial charge in [0.05, 0.1) is 10.8 Å². The molecule has 2 saturated carbocycles. The molecule has 0 spiro atoms. The molecule has 4 N–H and O–H groups in total. The number of aliphatic carboxylic acids is 1. The van der Waals surface area contributed by atoms with Gasteiger partial charge in [0.25, 0.3) is 0 Å². The summed E-state index contributed by atoms with van der Waals surface area (Å²) in [7, 11) is -3.70. The molecule has 0 saturated heterocycles. The number of carbonyl (C=O) groups is 1. The molecule has 0 heterocycles. The number of hydrogen-bond acceptors (Lipinski definition) is 4. The Bertz CT molecular complexity index is 656. The number of benzene rings is 1. The van der Waals surface area contributed by atoms with Crippen LogP contribution in [0.2, 0.25) is 0 Å².